The molecule has 204 valence electrons. The lowest BCUT2D eigenvalue weighted by Gasteiger charge is -2.33. The second kappa shape index (κ2) is 12.6. The second-order valence-electron chi connectivity index (χ2n) is 10.6. The van der Waals surface area contributed by atoms with E-state index in [2.05, 4.69) is 47.5 Å². The van der Waals surface area contributed by atoms with E-state index in [-0.39, 0.29) is 6.04 Å². The molecule has 1 N–H and O–H groups in total. The molecule has 1 unspecified atom stereocenters. The molecule has 37 heavy (non-hydrogen) atoms. The van der Waals surface area contributed by atoms with Gasteiger partial charge in [0.1, 0.15) is 11.6 Å². The van der Waals surface area contributed by atoms with Crippen LogP contribution < -0.4 is 14.5 Å². The van der Waals surface area contributed by atoms with Crippen molar-refractivity contribution in [2.45, 2.75) is 44.8 Å². The molecule has 1 aromatic heterocycles. The van der Waals surface area contributed by atoms with Crippen molar-refractivity contribution in [3.05, 3.63) is 53.6 Å². The van der Waals surface area contributed by atoms with E-state index in [1.54, 1.807) is 14.2 Å². The highest BCUT2D eigenvalue weighted by molar-refractivity contribution is 7.92. The average Bonchev–Trinajstić information content (AvgIpc) is 3.60. The van der Waals surface area contributed by atoms with Crippen molar-refractivity contribution in [2.75, 3.05) is 62.5 Å². The Hall–Kier alpha value is -2.20. The lowest BCUT2D eigenvalue weighted by molar-refractivity contribution is 0.0842. The number of pyridine rings is 1. The predicted molar refractivity (Wildman–Crippen MR) is 149 cm³/mol. The van der Waals surface area contributed by atoms with Gasteiger partial charge in [0.25, 0.3) is 0 Å². The van der Waals surface area contributed by atoms with Crippen molar-refractivity contribution in [1.82, 2.24) is 10.3 Å². The van der Waals surface area contributed by atoms with Crippen LogP contribution in [0.1, 0.15) is 43.2 Å². The van der Waals surface area contributed by atoms with Gasteiger partial charge in [0.2, 0.25) is 10.0 Å². The third-order valence-corrected chi connectivity index (χ3v) is 8.86. The molecule has 2 aromatic rings. The van der Waals surface area contributed by atoms with E-state index in [4.69, 9.17) is 14.5 Å². The summed E-state index contributed by atoms with van der Waals surface area (Å²) in [6.45, 7) is 6.39. The fourth-order valence-electron chi connectivity index (χ4n) is 5.10. The number of rotatable bonds is 13. The molecule has 4 rings (SSSR count). The number of nitrogens with one attached hydrogen (secondary N) is 1. The van der Waals surface area contributed by atoms with E-state index in [1.165, 1.54) is 22.5 Å². The Morgan fingerprint density at radius 2 is 1.89 bits per heavy atom. The Bertz CT molecular complexity index is 1110. The molecule has 1 saturated carbocycles. The number of anilines is 2. The third-order valence-electron chi connectivity index (χ3n) is 7.68. The maximum absolute atomic E-state index is 12.3. The van der Waals surface area contributed by atoms with Gasteiger partial charge in [0, 0.05) is 39.2 Å². The van der Waals surface area contributed by atoms with Gasteiger partial charge in [-0.3, -0.25) is 4.31 Å². The lowest BCUT2D eigenvalue weighted by Crippen LogP contribution is -2.43. The van der Waals surface area contributed by atoms with Gasteiger partial charge in [-0.2, -0.15) is 0 Å². The number of aromatic nitrogens is 1. The van der Waals surface area contributed by atoms with Gasteiger partial charge in [-0.15, -0.1) is 0 Å². The van der Waals surface area contributed by atoms with Gasteiger partial charge >= 0.3 is 0 Å². The number of methoxy groups -OCH3 is 1. The smallest absolute Gasteiger partial charge is 0.233 e. The van der Waals surface area contributed by atoms with Crippen molar-refractivity contribution in [3.63, 3.8) is 0 Å². The molecular formula is C28H42N4O4S. The van der Waals surface area contributed by atoms with Crippen molar-refractivity contribution in [3.8, 4) is 0 Å². The predicted octanol–water partition coefficient (Wildman–Crippen LogP) is 3.64. The van der Waals surface area contributed by atoms with E-state index in [1.807, 2.05) is 12.1 Å². The summed E-state index contributed by atoms with van der Waals surface area (Å²) in [7, 11) is -0.209. The Kier molecular flexibility index (Phi) is 9.45. The van der Waals surface area contributed by atoms with Crippen molar-refractivity contribution in [2.24, 2.45) is 11.8 Å². The van der Waals surface area contributed by atoms with Crippen LogP contribution in [0.4, 0.5) is 11.6 Å². The van der Waals surface area contributed by atoms with Crippen molar-refractivity contribution < 1.29 is 17.9 Å². The second-order valence-corrected chi connectivity index (χ2v) is 12.6. The number of nitrogens with zero attached hydrogens (tertiary/aromatic N) is 3. The zero-order valence-corrected chi connectivity index (χ0v) is 23.4. The molecule has 0 amide bonds. The van der Waals surface area contributed by atoms with E-state index in [0.29, 0.717) is 49.9 Å². The molecule has 2 fully saturated rings. The minimum absolute atomic E-state index is 0.241. The Labute approximate surface area is 222 Å². The topological polar surface area (TPSA) is 84.0 Å². The SMILES string of the molecule is COCCN(CC1C[C@H]1C)c1cc(COC[C@H]2NCCC[C@H]2c2ccccc2)cc(N(C)S(C)(=O)=O)n1. The van der Waals surface area contributed by atoms with Gasteiger partial charge in [-0.05, 0) is 60.9 Å². The van der Waals surface area contributed by atoms with E-state index in [9.17, 15) is 8.42 Å². The van der Waals surface area contributed by atoms with Crippen LogP contribution in [-0.2, 0) is 26.1 Å². The number of sulfonamides is 1. The van der Waals surface area contributed by atoms with Gasteiger partial charge in [-0.25, -0.2) is 13.4 Å². The lowest BCUT2D eigenvalue weighted by atomic mass is 9.85. The molecule has 2 aliphatic rings. The molecule has 4 atom stereocenters. The number of benzene rings is 1. The molecule has 0 spiro atoms. The van der Waals surface area contributed by atoms with Crippen LogP contribution in [0.3, 0.4) is 0 Å². The first-order chi connectivity index (χ1) is 17.8. The normalized spacial score (nSPS) is 23.6. The highest BCUT2D eigenvalue weighted by Gasteiger charge is 2.34. The van der Waals surface area contributed by atoms with Crippen molar-refractivity contribution >= 4 is 21.7 Å². The zero-order valence-electron chi connectivity index (χ0n) is 22.6. The van der Waals surface area contributed by atoms with Gasteiger partial charge in [0.05, 0.1) is 26.1 Å². The summed E-state index contributed by atoms with van der Waals surface area (Å²) in [4.78, 5) is 6.97. The first-order valence-electron chi connectivity index (χ1n) is 13.3. The molecule has 2 heterocycles. The Balaban J connectivity index is 1.51. The monoisotopic (exact) mass is 530 g/mol. The van der Waals surface area contributed by atoms with Crippen LogP contribution in [0, 0.1) is 11.8 Å². The molecule has 1 saturated heterocycles. The molecule has 1 aliphatic carbocycles. The van der Waals surface area contributed by atoms with Crippen molar-refractivity contribution in [1.29, 1.82) is 0 Å². The van der Waals surface area contributed by atoms with Gasteiger partial charge < -0.3 is 19.7 Å². The largest absolute Gasteiger partial charge is 0.383 e. The van der Waals surface area contributed by atoms with Crippen LogP contribution in [-0.4, -0.2) is 72.7 Å². The van der Waals surface area contributed by atoms with Gasteiger partial charge in [-0.1, -0.05) is 37.3 Å². The third kappa shape index (κ3) is 7.66. The van der Waals surface area contributed by atoms with Crippen LogP contribution in [0.15, 0.2) is 42.5 Å². The van der Waals surface area contributed by atoms with Gasteiger partial charge in [0.15, 0.2) is 0 Å². The summed E-state index contributed by atoms with van der Waals surface area (Å²) in [6, 6.07) is 14.7. The summed E-state index contributed by atoms with van der Waals surface area (Å²) < 4.78 is 37.5. The molecule has 9 heteroatoms. The molecule has 1 aromatic carbocycles. The minimum atomic E-state index is -3.45. The molecule has 8 nitrogen and oxygen atoms in total. The Morgan fingerprint density at radius 1 is 1.16 bits per heavy atom. The number of hydrogen-bond acceptors (Lipinski definition) is 7. The zero-order chi connectivity index (χ0) is 26.4. The Morgan fingerprint density at radius 3 is 2.57 bits per heavy atom. The maximum atomic E-state index is 12.3. The first kappa shape index (κ1) is 27.8. The summed E-state index contributed by atoms with van der Waals surface area (Å²) in [5, 5.41) is 3.64. The fourth-order valence-corrected chi connectivity index (χ4v) is 5.53. The van der Waals surface area contributed by atoms with Crippen LogP contribution in [0.2, 0.25) is 0 Å². The summed E-state index contributed by atoms with van der Waals surface area (Å²) >= 11 is 0. The summed E-state index contributed by atoms with van der Waals surface area (Å²) in [5.74, 6) is 2.92. The highest BCUT2D eigenvalue weighted by Crippen LogP contribution is 2.39. The van der Waals surface area contributed by atoms with Crippen LogP contribution in [0.5, 0.6) is 0 Å². The minimum Gasteiger partial charge on any atom is -0.383 e. The quantitative estimate of drug-likeness (QED) is 0.423. The number of hydrogen-bond donors (Lipinski definition) is 1. The molecule has 0 radical (unpaired) electrons. The molecule has 1 aliphatic heterocycles. The number of ether oxygens (including phenoxy) is 2. The van der Waals surface area contributed by atoms with E-state index < -0.39 is 10.0 Å². The average molecular weight is 531 g/mol. The summed E-state index contributed by atoms with van der Waals surface area (Å²) in [6.07, 6.45) is 4.70. The standard InChI is InChI=1S/C28H42N4O4S/c1-21-15-24(21)18-32(13-14-35-3)28-17-22(16-27(30-28)31(2)37(4,33)34)19-36-20-26-25(11-8-12-29-26)23-9-6-5-7-10-23/h5-7,9-10,16-17,21,24-26,29H,8,11-15,18-20H2,1-4H3/t21-,24?,25+,26-/m1/s1. The van der Waals surface area contributed by atoms with Crippen LogP contribution >= 0.6 is 0 Å². The van der Waals surface area contributed by atoms with E-state index in [0.717, 1.165) is 37.3 Å². The number of piperidine rings is 1. The highest BCUT2D eigenvalue weighted by atomic mass is 32.2. The molecule has 0 bridgehead atoms. The fraction of sp³-hybridized carbons (Fsp3) is 0.607. The maximum Gasteiger partial charge on any atom is 0.233 e. The summed E-state index contributed by atoms with van der Waals surface area (Å²) in [5.41, 5.74) is 2.25. The van der Waals surface area contributed by atoms with Crippen LogP contribution in [0.25, 0.3) is 0 Å². The first-order valence-corrected chi connectivity index (χ1v) is 15.2. The molecular weight excluding hydrogens is 488 g/mol. The van der Waals surface area contributed by atoms with E-state index >= 15 is 0 Å².